The van der Waals surface area contributed by atoms with Gasteiger partial charge in [-0.05, 0) is 7.05 Å². The van der Waals surface area contributed by atoms with Gasteiger partial charge in [0.1, 0.15) is 13.2 Å². The molecule has 0 fully saturated rings. The molecule has 0 aliphatic carbocycles. The lowest BCUT2D eigenvalue weighted by molar-refractivity contribution is -0.130. The number of nitrogens with one attached hydrogen (secondary N) is 3. The van der Waals surface area contributed by atoms with Crippen molar-refractivity contribution in [1.82, 2.24) is 16.0 Å². The molecule has 0 heterocycles. The van der Waals surface area contributed by atoms with Gasteiger partial charge in [0.05, 0.1) is 6.67 Å². The molecule has 3 N–H and O–H groups in total. The van der Waals surface area contributed by atoms with E-state index in [2.05, 4.69) is 16.0 Å². The number of carbonyl (C=O) groups is 2. The molecule has 0 unspecified atom stereocenters. The Morgan fingerprint density at radius 3 is 2.31 bits per heavy atom. The first-order chi connectivity index (χ1) is 6.20. The van der Waals surface area contributed by atoms with Crippen molar-refractivity contribution in [2.75, 3.05) is 34.0 Å². The Labute approximate surface area is 77.0 Å². The van der Waals surface area contributed by atoms with Crippen molar-refractivity contribution in [2.24, 2.45) is 0 Å². The number of likely N-dealkylation sites (N-methyl/N-ethyl adjacent to an activating group) is 1. The predicted octanol–water partition coefficient (Wildman–Crippen LogP) is -1.96. The van der Waals surface area contributed by atoms with Gasteiger partial charge in [-0.2, -0.15) is 0 Å². The van der Waals surface area contributed by atoms with Crippen LogP contribution in [0.3, 0.4) is 0 Å². The van der Waals surface area contributed by atoms with Gasteiger partial charge < -0.3 is 20.7 Å². The average Bonchev–Trinajstić information content (AvgIpc) is 2.14. The summed E-state index contributed by atoms with van der Waals surface area (Å²) in [5.74, 6) is -0.500. The molecule has 0 bridgehead atoms. The zero-order valence-corrected chi connectivity index (χ0v) is 7.85. The first-order valence-corrected chi connectivity index (χ1v) is 3.90. The molecular formula is C7H15N3O3. The molecule has 6 nitrogen and oxygen atoms in total. The number of hydrogen-bond acceptors (Lipinski definition) is 4. The lowest BCUT2D eigenvalue weighted by Gasteiger charge is -2.04. The van der Waals surface area contributed by atoms with Crippen LogP contribution < -0.4 is 16.0 Å². The maximum absolute atomic E-state index is 10.9. The van der Waals surface area contributed by atoms with Crippen LogP contribution >= 0.6 is 0 Å². The molecule has 0 aliphatic heterocycles. The maximum atomic E-state index is 10.9. The first kappa shape index (κ1) is 11.9. The highest BCUT2D eigenvalue weighted by Crippen LogP contribution is 1.74. The van der Waals surface area contributed by atoms with Gasteiger partial charge in [0, 0.05) is 7.05 Å². The summed E-state index contributed by atoms with van der Waals surface area (Å²) in [5.41, 5.74) is 0. The third-order valence-corrected chi connectivity index (χ3v) is 1.21. The van der Waals surface area contributed by atoms with Gasteiger partial charge in [0.25, 0.3) is 0 Å². The second-order valence-electron chi connectivity index (χ2n) is 2.30. The molecule has 0 atom stereocenters. The van der Waals surface area contributed by atoms with Gasteiger partial charge in [-0.1, -0.05) is 0 Å². The average molecular weight is 189 g/mol. The van der Waals surface area contributed by atoms with Gasteiger partial charge in [-0.25, -0.2) is 0 Å². The molecule has 6 heteroatoms. The molecular weight excluding hydrogens is 174 g/mol. The summed E-state index contributed by atoms with van der Waals surface area (Å²) in [5, 5.41) is 7.63. The van der Waals surface area contributed by atoms with Gasteiger partial charge in [0.2, 0.25) is 11.8 Å². The van der Waals surface area contributed by atoms with E-state index in [-0.39, 0.29) is 25.0 Å². The number of carbonyl (C=O) groups excluding carboxylic acids is 2. The number of amides is 2. The Hall–Kier alpha value is -1.14. The standard InChI is InChI=1S/C7H15N3O3/c1-8-5-10-7(12)4-13-3-6(11)9-2/h8H,3-5H2,1-2H3,(H,9,11)(H,10,12). The topological polar surface area (TPSA) is 79.5 Å². The van der Waals surface area contributed by atoms with Crippen molar-refractivity contribution in [3.63, 3.8) is 0 Å². The highest BCUT2D eigenvalue weighted by molar-refractivity contribution is 5.79. The number of hydrogen-bond donors (Lipinski definition) is 3. The highest BCUT2D eigenvalue weighted by Gasteiger charge is 2.01. The Kier molecular flexibility index (Phi) is 6.85. The van der Waals surface area contributed by atoms with Gasteiger partial charge >= 0.3 is 0 Å². The van der Waals surface area contributed by atoms with E-state index in [9.17, 15) is 9.59 Å². The van der Waals surface area contributed by atoms with E-state index in [1.165, 1.54) is 7.05 Å². The van der Waals surface area contributed by atoms with Crippen LogP contribution in [0, 0.1) is 0 Å². The SMILES string of the molecule is CNCNC(=O)COCC(=O)NC. The summed E-state index contributed by atoms with van der Waals surface area (Å²) in [4.78, 5) is 21.5. The van der Waals surface area contributed by atoms with Crippen molar-refractivity contribution in [2.45, 2.75) is 0 Å². The molecule has 0 aromatic heterocycles. The van der Waals surface area contributed by atoms with Crippen LogP contribution in [0.4, 0.5) is 0 Å². The lowest BCUT2D eigenvalue weighted by Crippen LogP contribution is -2.35. The minimum Gasteiger partial charge on any atom is -0.362 e. The van der Waals surface area contributed by atoms with Crippen LogP contribution in [0.25, 0.3) is 0 Å². The molecule has 76 valence electrons. The highest BCUT2D eigenvalue weighted by atomic mass is 16.5. The van der Waals surface area contributed by atoms with Gasteiger partial charge in [-0.3, -0.25) is 9.59 Å². The van der Waals surface area contributed by atoms with E-state index in [0.29, 0.717) is 6.67 Å². The molecule has 0 saturated carbocycles. The molecule has 0 aromatic rings. The quantitative estimate of drug-likeness (QED) is 0.424. The van der Waals surface area contributed by atoms with Gasteiger partial charge in [0.15, 0.2) is 0 Å². The fourth-order valence-electron chi connectivity index (χ4n) is 0.547. The molecule has 2 amide bonds. The largest absolute Gasteiger partial charge is 0.362 e. The van der Waals surface area contributed by atoms with Crippen LogP contribution in [0.5, 0.6) is 0 Å². The van der Waals surface area contributed by atoms with Crippen LogP contribution in [0.15, 0.2) is 0 Å². The molecule has 0 radical (unpaired) electrons. The fraction of sp³-hybridized carbons (Fsp3) is 0.714. The van der Waals surface area contributed by atoms with E-state index >= 15 is 0 Å². The molecule has 0 saturated heterocycles. The smallest absolute Gasteiger partial charge is 0.247 e. The van der Waals surface area contributed by atoms with Gasteiger partial charge in [-0.15, -0.1) is 0 Å². The second-order valence-corrected chi connectivity index (χ2v) is 2.30. The Morgan fingerprint density at radius 1 is 1.15 bits per heavy atom. The maximum Gasteiger partial charge on any atom is 0.247 e. The van der Waals surface area contributed by atoms with Crippen molar-refractivity contribution < 1.29 is 14.3 Å². The van der Waals surface area contributed by atoms with Crippen LogP contribution in [0.1, 0.15) is 0 Å². The summed E-state index contributed by atoms with van der Waals surface area (Å²) in [6, 6.07) is 0. The zero-order chi connectivity index (χ0) is 10.1. The van der Waals surface area contributed by atoms with E-state index in [4.69, 9.17) is 4.74 Å². The summed E-state index contributed by atoms with van der Waals surface area (Å²) in [6.07, 6.45) is 0. The monoisotopic (exact) mass is 189 g/mol. The Morgan fingerprint density at radius 2 is 1.77 bits per heavy atom. The Balaban J connectivity index is 3.31. The summed E-state index contributed by atoms with van der Waals surface area (Å²) in [7, 11) is 3.22. The molecule has 13 heavy (non-hydrogen) atoms. The van der Waals surface area contributed by atoms with Crippen molar-refractivity contribution in [1.29, 1.82) is 0 Å². The normalized spacial score (nSPS) is 9.38. The van der Waals surface area contributed by atoms with E-state index in [1.54, 1.807) is 7.05 Å². The number of ether oxygens (including phenoxy) is 1. The molecule has 0 aromatic carbocycles. The molecule has 0 spiro atoms. The third-order valence-electron chi connectivity index (χ3n) is 1.21. The molecule has 0 aliphatic rings. The van der Waals surface area contributed by atoms with Crippen LogP contribution in [-0.2, 0) is 14.3 Å². The summed E-state index contributed by atoms with van der Waals surface area (Å²) < 4.78 is 4.79. The van der Waals surface area contributed by atoms with Crippen LogP contribution in [0.2, 0.25) is 0 Å². The van der Waals surface area contributed by atoms with Crippen molar-refractivity contribution in [3.8, 4) is 0 Å². The summed E-state index contributed by atoms with van der Waals surface area (Å²) >= 11 is 0. The van der Waals surface area contributed by atoms with E-state index in [0.717, 1.165) is 0 Å². The Bertz CT molecular complexity index is 172. The van der Waals surface area contributed by atoms with E-state index < -0.39 is 0 Å². The fourth-order valence-corrected chi connectivity index (χ4v) is 0.547. The minimum atomic E-state index is -0.252. The molecule has 0 rings (SSSR count). The third kappa shape index (κ3) is 7.23. The predicted molar refractivity (Wildman–Crippen MR) is 47.0 cm³/mol. The first-order valence-electron chi connectivity index (χ1n) is 3.90. The van der Waals surface area contributed by atoms with E-state index in [1.807, 2.05) is 0 Å². The second kappa shape index (κ2) is 7.51. The summed E-state index contributed by atoms with van der Waals surface area (Å²) in [6.45, 7) is 0.195. The lowest BCUT2D eigenvalue weighted by atomic mass is 10.6. The number of rotatable bonds is 6. The van der Waals surface area contributed by atoms with Crippen molar-refractivity contribution in [3.05, 3.63) is 0 Å². The van der Waals surface area contributed by atoms with Crippen LogP contribution in [-0.4, -0.2) is 45.8 Å². The zero-order valence-electron chi connectivity index (χ0n) is 7.85. The van der Waals surface area contributed by atoms with Crippen molar-refractivity contribution >= 4 is 11.8 Å². The minimum absolute atomic E-state index is 0.0938.